The normalized spacial score (nSPS) is 9.92. The molecule has 0 atom stereocenters. The molecular formula is C8H9BrO3. The predicted molar refractivity (Wildman–Crippen MR) is 48.3 cm³/mol. The van der Waals surface area contributed by atoms with E-state index in [1.165, 1.54) is 13.2 Å². The van der Waals surface area contributed by atoms with Crippen molar-refractivity contribution in [2.75, 3.05) is 7.11 Å². The van der Waals surface area contributed by atoms with E-state index in [9.17, 15) is 5.11 Å². The van der Waals surface area contributed by atoms with E-state index in [1.54, 1.807) is 6.07 Å². The van der Waals surface area contributed by atoms with Gasteiger partial charge in [-0.3, -0.25) is 0 Å². The average Bonchev–Trinajstić information content (AvgIpc) is 2.09. The van der Waals surface area contributed by atoms with Gasteiger partial charge in [-0.15, -0.1) is 0 Å². The smallest absolute Gasteiger partial charge is 0.137 e. The minimum atomic E-state index is -0.114. The van der Waals surface area contributed by atoms with Crippen LogP contribution in [0.25, 0.3) is 0 Å². The van der Waals surface area contributed by atoms with Crippen LogP contribution in [0.1, 0.15) is 5.56 Å². The second-order valence-corrected chi connectivity index (χ2v) is 3.08. The number of methoxy groups -OCH3 is 1. The second-order valence-electron chi connectivity index (χ2n) is 2.29. The van der Waals surface area contributed by atoms with E-state index in [2.05, 4.69) is 15.9 Å². The summed E-state index contributed by atoms with van der Waals surface area (Å²) in [5.74, 6) is 0.581. The fourth-order valence-corrected chi connectivity index (χ4v) is 1.27. The molecular weight excluding hydrogens is 224 g/mol. The van der Waals surface area contributed by atoms with Crippen LogP contribution in [0.3, 0.4) is 0 Å². The molecule has 66 valence electrons. The molecule has 0 saturated heterocycles. The lowest BCUT2D eigenvalue weighted by Gasteiger charge is -2.06. The Morgan fingerprint density at radius 2 is 2.17 bits per heavy atom. The van der Waals surface area contributed by atoms with Crippen LogP contribution >= 0.6 is 15.9 Å². The topological polar surface area (TPSA) is 49.7 Å². The van der Waals surface area contributed by atoms with Crippen LogP contribution in [0.5, 0.6) is 11.5 Å². The van der Waals surface area contributed by atoms with Gasteiger partial charge in [0.2, 0.25) is 0 Å². The first kappa shape index (κ1) is 9.35. The highest BCUT2D eigenvalue weighted by atomic mass is 79.9. The average molecular weight is 233 g/mol. The predicted octanol–water partition coefficient (Wildman–Crippen LogP) is 1.66. The van der Waals surface area contributed by atoms with Gasteiger partial charge in [0, 0.05) is 0 Å². The lowest BCUT2D eigenvalue weighted by molar-refractivity contribution is 0.280. The van der Waals surface area contributed by atoms with Crippen molar-refractivity contribution >= 4 is 15.9 Å². The van der Waals surface area contributed by atoms with Gasteiger partial charge in [-0.1, -0.05) is 0 Å². The van der Waals surface area contributed by atoms with Crippen molar-refractivity contribution in [1.29, 1.82) is 0 Å². The van der Waals surface area contributed by atoms with Crippen LogP contribution in [0.15, 0.2) is 16.6 Å². The second kappa shape index (κ2) is 3.78. The Kier molecular flexibility index (Phi) is 2.94. The molecule has 0 unspecified atom stereocenters. The molecule has 0 radical (unpaired) electrons. The first-order valence-corrected chi connectivity index (χ1v) is 4.14. The molecule has 4 heteroatoms. The van der Waals surface area contributed by atoms with Gasteiger partial charge in [-0.2, -0.15) is 0 Å². The zero-order valence-corrected chi connectivity index (χ0v) is 8.13. The first-order valence-electron chi connectivity index (χ1n) is 3.35. The fraction of sp³-hybridized carbons (Fsp3) is 0.250. The maximum Gasteiger partial charge on any atom is 0.137 e. The molecule has 12 heavy (non-hydrogen) atoms. The number of hydrogen-bond acceptors (Lipinski definition) is 3. The molecule has 0 spiro atoms. The molecule has 3 nitrogen and oxygen atoms in total. The number of aliphatic hydroxyl groups is 1. The van der Waals surface area contributed by atoms with Crippen molar-refractivity contribution in [3.05, 3.63) is 22.2 Å². The highest BCUT2D eigenvalue weighted by molar-refractivity contribution is 9.10. The van der Waals surface area contributed by atoms with E-state index in [0.717, 1.165) is 0 Å². The lowest BCUT2D eigenvalue weighted by Crippen LogP contribution is -1.89. The van der Waals surface area contributed by atoms with Crippen molar-refractivity contribution in [2.24, 2.45) is 0 Å². The van der Waals surface area contributed by atoms with Gasteiger partial charge in [-0.05, 0) is 33.6 Å². The van der Waals surface area contributed by atoms with Crippen LogP contribution in [0.4, 0.5) is 0 Å². The largest absolute Gasteiger partial charge is 0.507 e. The minimum absolute atomic E-state index is 0.0680. The van der Waals surface area contributed by atoms with Crippen molar-refractivity contribution in [2.45, 2.75) is 6.61 Å². The molecule has 1 rings (SSSR count). The summed E-state index contributed by atoms with van der Waals surface area (Å²) < 4.78 is 5.45. The molecule has 1 aromatic rings. The van der Waals surface area contributed by atoms with E-state index >= 15 is 0 Å². The Bertz CT molecular complexity index is 286. The number of ether oxygens (including phenoxy) is 1. The molecule has 0 saturated carbocycles. The number of halogens is 1. The number of phenolic OH excluding ortho intramolecular Hbond substituents is 1. The van der Waals surface area contributed by atoms with Gasteiger partial charge in [-0.25, -0.2) is 0 Å². The van der Waals surface area contributed by atoms with Gasteiger partial charge >= 0.3 is 0 Å². The molecule has 0 amide bonds. The monoisotopic (exact) mass is 232 g/mol. The Morgan fingerprint density at radius 3 is 2.67 bits per heavy atom. The molecule has 2 N–H and O–H groups in total. The van der Waals surface area contributed by atoms with Crippen LogP contribution in [0, 0.1) is 0 Å². The number of benzene rings is 1. The molecule has 0 aliphatic rings. The van der Waals surface area contributed by atoms with Crippen LogP contribution in [-0.4, -0.2) is 17.3 Å². The summed E-state index contributed by atoms with van der Waals surface area (Å²) in [5.41, 5.74) is 0.618. The third-order valence-electron chi connectivity index (χ3n) is 1.48. The summed E-state index contributed by atoms with van der Waals surface area (Å²) >= 11 is 3.15. The molecule has 1 aromatic carbocycles. The number of rotatable bonds is 2. The summed E-state index contributed by atoms with van der Waals surface area (Å²) in [6.45, 7) is -0.114. The Morgan fingerprint density at radius 1 is 1.50 bits per heavy atom. The first-order chi connectivity index (χ1) is 5.69. The molecule has 0 bridgehead atoms. The zero-order valence-electron chi connectivity index (χ0n) is 6.54. The molecule has 0 aromatic heterocycles. The SMILES string of the molecule is COc1cc(CO)cc(O)c1Br. The van der Waals surface area contributed by atoms with Gasteiger partial charge in [0.15, 0.2) is 0 Å². The van der Waals surface area contributed by atoms with Gasteiger partial charge in [0.25, 0.3) is 0 Å². The number of hydrogen-bond donors (Lipinski definition) is 2. The third kappa shape index (κ3) is 1.70. The Labute approximate surface area is 78.7 Å². The summed E-state index contributed by atoms with van der Waals surface area (Å²) in [6.07, 6.45) is 0. The van der Waals surface area contributed by atoms with Crippen LogP contribution in [0.2, 0.25) is 0 Å². The van der Waals surface area contributed by atoms with Crippen LogP contribution < -0.4 is 4.74 Å². The maximum atomic E-state index is 9.31. The summed E-state index contributed by atoms with van der Waals surface area (Å²) in [4.78, 5) is 0. The van der Waals surface area contributed by atoms with E-state index in [4.69, 9.17) is 9.84 Å². The molecule has 0 aliphatic heterocycles. The zero-order chi connectivity index (χ0) is 9.14. The number of aliphatic hydroxyl groups excluding tert-OH is 1. The summed E-state index contributed by atoms with van der Waals surface area (Å²) in [6, 6.07) is 3.14. The highest BCUT2D eigenvalue weighted by Gasteiger charge is 2.06. The molecule has 0 fully saturated rings. The quantitative estimate of drug-likeness (QED) is 0.816. The van der Waals surface area contributed by atoms with Gasteiger partial charge < -0.3 is 14.9 Å². The van der Waals surface area contributed by atoms with Crippen molar-refractivity contribution in [3.63, 3.8) is 0 Å². The van der Waals surface area contributed by atoms with Gasteiger partial charge in [0.05, 0.1) is 13.7 Å². The maximum absolute atomic E-state index is 9.31. The highest BCUT2D eigenvalue weighted by Crippen LogP contribution is 2.34. The number of aromatic hydroxyl groups is 1. The summed E-state index contributed by atoms with van der Waals surface area (Å²) in [5, 5.41) is 18.1. The Hall–Kier alpha value is -0.740. The van der Waals surface area contributed by atoms with Crippen molar-refractivity contribution < 1.29 is 14.9 Å². The van der Waals surface area contributed by atoms with Gasteiger partial charge in [0.1, 0.15) is 16.0 Å². The fourth-order valence-electron chi connectivity index (χ4n) is 0.878. The van der Waals surface area contributed by atoms with E-state index in [1.807, 2.05) is 0 Å². The van der Waals surface area contributed by atoms with E-state index < -0.39 is 0 Å². The van der Waals surface area contributed by atoms with Crippen LogP contribution in [-0.2, 0) is 6.61 Å². The Balaban J connectivity index is 3.19. The van der Waals surface area contributed by atoms with Crippen molar-refractivity contribution in [1.82, 2.24) is 0 Å². The third-order valence-corrected chi connectivity index (χ3v) is 2.28. The minimum Gasteiger partial charge on any atom is -0.507 e. The number of phenols is 1. The van der Waals surface area contributed by atoms with Crippen molar-refractivity contribution in [3.8, 4) is 11.5 Å². The molecule has 0 aliphatic carbocycles. The standard InChI is InChI=1S/C8H9BrO3/c1-12-7-3-5(4-10)2-6(11)8(7)9/h2-3,10-11H,4H2,1H3. The summed E-state index contributed by atoms with van der Waals surface area (Å²) in [7, 11) is 1.50. The molecule has 0 heterocycles. The van der Waals surface area contributed by atoms with E-state index in [-0.39, 0.29) is 12.4 Å². The van der Waals surface area contributed by atoms with E-state index in [0.29, 0.717) is 15.8 Å². The lowest BCUT2D eigenvalue weighted by atomic mass is 10.2.